The Morgan fingerprint density at radius 2 is 1.31 bits per heavy atom. The predicted molar refractivity (Wildman–Crippen MR) is 91.3 cm³/mol. The van der Waals surface area contributed by atoms with E-state index in [4.69, 9.17) is 0 Å². The summed E-state index contributed by atoms with van der Waals surface area (Å²) in [7, 11) is 0. The molecule has 3 rings (SSSR count). The van der Waals surface area contributed by atoms with E-state index in [0.29, 0.717) is 23.6 Å². The van der Waals surface area contributed by atoms with Crippen molar-refractivity contribution in [3.63, 3.8) is 0 Å². The van der Waals surface area contributed by atoms with Crippen LogP contribution in [0, 0.1) is 35.0 Å². The van der Waals surface area contributed by atoms with Gasteiger partial charge in [-0.25, -0.2) is 22.0 Å². The average molecular weight is 368 g/mol. The Balaban J connectivity index is 1.88. The summed E-state index contributed by atoms with van der Waals surface area (Å²) in [5.74, 6) is -5.62. The van der Waals surface area contributed by atoms with Gasteiger partial charge in [0, 0.05) is 0 Å². The van der Waals surface area contributed by atoms with Crippen molar-refractivity contribution >= 4 is 0 Å². The highest BCUT2D eigenvalue weighted by Crippen LogP contribution is 2.39. The van der Waals surface area contributed by atoms with Crippen molar-refractivity contribution in [2.45, 2.75) is 51.4 Å². The molecule has 0 spiro atoms. The van der Waals surface area contributed by atoms with Crippen LogP contribution in [-0.2, 0) is 0 Å². The van der Waals surface area contributed by atoms with Crippen LogP contribution in [0.2, 0.25) is 0 Å². The second-order valence-corrected chi connectivity index (χ2v) is 7.12. The maximum atomic E-state index is 14.5. The first kappa shape index (κ1) is 18.9. The molecule has 0 bridgehead atoms. The van der Waals surface area contributed by atoms with Gasteiger partial charge < -0.3 is 0 Å². The van der Waals surface area contributed by atoms with Gasteiger partial charge in [0.25, 0.3) is 0 Å². The standard InChI is InChI=1S/C21H21F5/c1-2-3-12-4-6-13(7-5-12)14-8-16(22)20(17(23)9-14)15-10-18(24)21(26)19(25)11-15/h8-13H,2-7H2,1H3. The van der Waals surface area contributed by atoms with Crippen molar-refractivity contribution in [2.75, 3.05) is 0 Å². The highest BCUT2D eigenvalue weighted by molar-refractivity contribution is 5.65. The number of halogens is 5. The molecule has 2 aromatic carbocycles. The van der Waals surface area contributed by atoms with Crippen molar-refractivity contribution in [3.05, 3.63) is 58.9 Å². The van der Waals surface area contributed by atoms with E-state index in [1.54, 1.807) is 0 Å². The highest BCUT2D eigenvalue weighted by Gasteiger charge is 2.25. The normalized spacial score (nSPS) is 20.4. The van der Waals surface area contributed by atoms with E-state index in [1.807, 2.05) is 0 Å². The summed E-state index contributed by atoms with van der Waals surface area (Å²) in [6, 6.07) is 3.69. The van der Waals surface area contributed by atoms with Gasteiger partial charge in [-0.1, -0.05) is 19.8 Å². The van der Waals surface area contributed by atoms with Gasteiger partial charge in [0.2, 0.25) is 0 Å². The summed E-state index contributed by atoms with van der Waals surface area (Å²) in [5, 5.41) is 0. The van der Waals surface area contributed by atoms with Gasteiger partial charge in [0.1, 0.15) is 11.6 Å². The van der Waals surface area contributed by atoms with Crippen molar-refractivity contribution in [1.82, 2.24) is 0 Å². The van der Waals surface area contributed by atoms with E-state index >= 15 is 0 Å². The summed E-state index contributed by atoms with van der Waals surface area (Å²) in [4.78, 5) is 0. The molecule has 26 heavy (non-hydrogen) atoms. The zero-order chi connectivity index (χ0) is 18.8. The minimum absolute atomic E-state index is 0.0860. The van der Waals surface area contributed by atoms with Crippen LogP contribution in [-0.4, -0.2) is 0 Å². The van der Waals surface area contributed by atoms with Crippen LogP contribution in [0.15, 0.2) is 24.3 Å². The minimum Gasteiger partial charge on any atom is -0.206 e. The first-order valence-electron chi connectivity index (χ1n) is 9.04. The third-order valence-corrected chi connectivity index (χ3v) is 5.35. The molecule has 0 heterocycles. The molecular formula is C21H21F5. The Kier molecular flexibility index (Phi) is 5.64. The molecule has 0 radical (unpaired) electrons. The fourth-order valence-corrected chi connectivity index (χ4v) is 4.00. The molecule has 1 fully saturated rings. The molecule has 0 N–H and O–H groups in total. The van der Waals surface area contributed by atoms with Gasteiger partial charge in [-0.3, -0.25) is 0 Å². The largest absolute Gasteiger partial charge is 0.206 e. The Labute approximate surface area is 150 Å². The van der Waals surface area contributed by atoms with Crippen LogP contribution >= 0.6 is 0 Å². The Morgan fingerprint density at radius 1 is 0.769 bits per heavy atom. The summed E-state index contributed by atoms with van der Waals surface area (Å²) < 4.78 is 68.9. The first-order chi connectivity index (χ1) is 12.4. The number of rotatable bonds is 4. The smallest absolute Gasteiger partial charge is 0.194 e. The maximum Gasteiger partial charge on any atom is 0.194 e. The van der Waals surface area contributed by atoms with E-state index in [2.05, 4.69) is 6.92 Å². The van der Waals surface area contributed by atoms with Crippen LogP contribution < -0.4 is 0 Å². The fraction of sp³-hybridized carbons (Fsp3) is 0.429. The zero-order valence-electron chi connectivity index (χ0n) is 14.6. The third kappa shape index (κ3) is 3.76. The van der Waals surface area contributed by atoms with Crippen LogP contribution in [0.4, 0.5) is 22.0 Å². The summed E-state index contributed by atoms with van der Waals surface area (Å²) in [6.45, 7) is 2.15. The molecule has 1 aliphatic carbocycles. The molecule has 0 unspecified atom stereocenters. The second kappa shape index (κ2) is 7.77. The second-order valence-electron chi connectivity index (χ2n) is 7.12. The van der Waals surface area contributed by atoms with Gasteiger partial charge in [0.15, 0.2) is 17.5 Å². The lowest BCUT2D eigenvalue weighted by Gasteiger charge is -2.29. The lowest BCUT2D eigenvalue weighted by molar-refractivity contribution is 0.307. The van der Waals surface area contributed by atoms with Crippen LogP contribution in [0.25, 0.3) is 11.1 Å². The van der Waals surface area contributed by atoms with Crippen LogP contribution in [0.3, 0.4) is 0 Å². The monoisotopic (exact) mass is 368 g/mol. The topological polar surface area (TPSA) is 0 Å². The van der Waals surface area contributed by atoms with Gasteiger partial charge in [-0.05, 0) is 72.9 Å². The molecule has 0 nitrogen and oxygen atoms in total. The number of hydrogen-bond acceptors (Lipinski definition) is 0. The molecule has 1 saturated carbocycles. The summed E-state index contributed by atoms with van der Waals surface area (Å²) >= 11 is 0. The van der Waals surface area contributed by atoms with E-state index in [9.17, 15) is 22.0 Å². The average Bonchev–Trinajstić information content (AvgIpc) is 2.60. The molecule has 0 atom stereocenters. The molecule has 5 heteroatoms. The van der Waals surface area contributed by atoms with E-state index < -0.39 is 34.6 Å². The molecule has 140 valence electrons. The van der Waals surface area contributed by atoms with E-state index in [0.717, 1.165) is 32.1 Å². The highest BCUT2D eigenvalue weighted by atomic mass is 19.2. The third-order valence-electron chi connectivity index (χ3n) is 5.35. The summed E-state index contributed by atoms with van der Waals surface area (Å²) in [5.41, 5.74) is -0.317. The maximum absolute atomic E-state index is 14.5. The molecule has 2 aromatic rings. The fourth-order valence-electron chi connectivity index (χ4n) is 4.00. The molecule has 0 amide bonds. The molecule has 0 saturated heterocycles. The van der Waals surface area contributed by atoms with E-state index in [1.165, 1.54) is 18.6 Å². The molecule has 0 aromatic heterocycles. The molecule has 0 aliphatic heterocycles. The zero-order valence-corrected chi connectivity index (χ0v) is 14.6. The SMILES string of the molecule is CCCC1CCC(c2cc(F)c(-c3cc(F)c(F)c(F)c3)c(F)c2)CC1. The summed E-state index contributed by atoms with van der Waals surface area (Å²) in [6.07, 6.45) is 6.15. The van der Waals surface area contributed by atoms with Gasteiger partial charge in [-0.2, -0.15) is 0 Å². The quantitative estimate of drug-likeness (QED) is 0.398. The lowest BCUT2D eigenvalue weighted by atomic mass is 9.77. The molecule has 1 aliphatic rings. The van der Waals surface area contributed by atoms with E-state index in [-0.39, 0.29) is 11.5 Å². The van der Waals surface area contributed by atoms with Gasteiger partial charge in [0.05, 0.1) is 5.56 Å². The minimum atomic E-state index is -1.66. The number of hydrogen-bond donors (Lipinski definition) is 0. The van der Waals surface area contributed by atoms with Crippen LogP contribution in [0.5, 0.6) is 0 Å². The Hall–Kier alpha value is -1.91. The van der Waals surface area contributed by atoms with Crippen molar-refractivity contribution < 1.29 is 22.0 Å². The van der Waals surface area contributed by atoms with Crippen molar-refractivity contribution in [2.24, 2.45) is 5.92 Å². The Morgan fingerprint density at radius 3 is 1.81 bits per heavy atom. The lowest BCUT2D eigenvalue weighted by Crippen LogP contribution is -2.13. The van der Waals surface area contributed by atoms with Crippen molar-refractivity contribution in [1.29, 1.82) is 0 Å². The van der Waals surface area contributed by atoms with Crippen LogP contribution in [0.1, 0.15) is 56.9 Å². The van der Waals surface area contributed by atoms with Gasteiger partial charge in [-0.15, -0.1) is 0 Å². The van der Waals surface area contributed by atoms with Crippen molar-refractivity contribution in [3.8, 4) is 11.1 Å². The predicted octanol–water partition coefficient (Wildman–Crippen LogP) is 7.12. The Bertz CT molecular complexity index is 745. The first-order valence-corrected chi connectivity index (χ1v) is 9.04. The number of benzene rings is 2. The van der Waals surface area contributed by atoms with Gasteiger partial charge >= 0.3 is 0 Å². The molecular weight excluding hydrogens is 347 g/mol.